The average molecular weight is 390 g/mol. The van der Waals surface area contributed by atoms with E-state index in [0.717, 1.165) is 0 Å². The van der Waals surface area contributed by atoms with E-state index in [2.05, 4.69) is 10.0 Å². The summed E-state index contributed by atoms with van der Waals surface area (Å²) in [5.41, 5.74) is 7.73. The molecule has 0 heterocycles. The maximum Gasteiger partial charge on any atom is 0.410 e. The molecule has 0 atom stereocenters. The SMILES string of the molecule is CC(C)(C)OC(=O)N(CCN=[N+]=[N-])CCOCCOCCOCCC(=O)O. The number of azide groups is 1. The molecule has 0 aliphatic carbocycles. The van der Waals surface area contributed by atoms with Crippen molar-refractivity contribution >= 4 is 12.1 Å². The van der Waals surface area contributed by atoms with Crippen molar-refractivity contribution in [1.82, 2.24) is 4.90 Å². The van der Waals surface area contributed by atoms with Crippen LogP contribution in [0.3, 0.4) is 0 Å². The molecule has 0 aromatic rings. The van der Waals surface area contributed by atoms with Crippen LogP contribution < -0.4 is 0 Å². The van der Waals surface area contributed by atoms with Gasteiger partial charge in [0.25, 0.3) is 0 Å². The standard InChI is InChI=1S/C16H30N4O7/c1-16(2,3)27-15(23)20(6-5-18-19-17)7-9-25-11-13-26-12-10-24-8-4-14(21)22/h4-13H2,1-3H3,(H,21,22). The Kier molecular flexibility index (Phi) is 13.9. The minimum absolute atomic E-state index is 0.0308. The number of rotatable bonds is 15. The summed E-state index contributed by atoms with van der Waals surface area (Å²) >= 11 is 0. The predicted molar refractivity (Wildman–Crippen MR) is 96.5 cm³/mol. The van der Waals surface area contributed by atoms with Crippen LogP contribution in [0.1, 0.15) is 27.2 Å². The van der Waals surface area contributed by atoms with Crippen LogP contribution in [0, 0.1) is 0 Å². The first-order chi connectivity index (χ1) is 12.8. The van der Waals surface area contributed by atoms with Crippen LogP contribution in [-0.4, -0.2) is 86.9 Å². The van der Waals surface area contributed by atoms with Gasteiger partial charge in [0.2, 0.25) is 0 Å². The first kappa shape index (κ1) is 24.9. The lowest BCUT2D eigenvalue weighted by atomic mass is 10.2. The second-order valence-electron chi connectivity index (χ2n) is 6.40. The highest BCUT2D eigenvalue weighted by Gasteiger charge is 2.21. The van der Waals surface area contributed by atoms with E-state index in [1.807, 2.05) is 0 Å². The molecular weight excluding hydrogens is 360 g/mol. The molecule has 0 bridgehead atoms. The van der Waals surface area contributed by atoms with Gasteiger partial charge in [0.15, 0.2) is 0 Å². The minimum atomic E-state index is -0.899. The molecule has 0 rings (SSSR count). The highest BCUT2D eigenvalue weighted by molar-refractivity contribution is 5.68. The highest BCUT2D eigenvalue weighted by atomic mass is 16.6. The van der Waals surface area contributed by atoms with Gasteiger partial charge in [-0.3, -0.25) is 4.79 Å². The lowest BCUT2D eigenvalue weighted by Crippen LogP contribution is -2.40. The number of carbonyl (C=O) groups excluding carboxylic acids is 1. The Morgan fingerprint density at radius 3 is 2.07 bits per heavy atom. The zero-order chi connectivity index (χ0) is 20.5. The van der Waals surface area contributed by atoms with Gasteiger partial charge in [-0.05, 0) is 26.3 Å². The lowest BCUT2D eigenvalue weighted by molar-refractivity contribution is -0.138. The van der Waals surface area contributed by atoms with E-state index in [1.165, 1.54) is 4.90 Å². The van der Waals surface area contributed by atoms with Crippen molar-refractivity contribution in [3.8, 4) is 0 Å². The number of carboxylic acids is 1. The fourth-order valence-electron chi connectivity index (χ4n) is 1.71. The Balaban J connectivity index is 3.87. The van der Waals surface area contributed by atoms with Crippen LogP contribution >= 0.6 is 0 Å². The van der Waals surface area contributed by atoms with E-state index in [9.17, 15) is 9.59 Å². The molecule has 1 N–H and O–H groups in total. The molecule has 0 radical (unpaired) electrons. The topological polar surface area (TPSA) is 143 Å². The number of carboxylic acid groups (broad SMARTS) is 1. The van der Waals surface area contributed by atoms with Crippen LogP contribution in [0.15, 0.2) is 5.11 Å². The quantitative estimate of drug-likeness (QED) is 0.195. The maximum atomic E-state index is 12.1. The number of carbonyl (C=O) groups is 2. The van der Waals surface area contributed by atoms with Crippen molar-refractivity contribution < 1.29 is 33.6 Å². The summed E-state index contributed by atoms with van der Waals surface area (Å²) in [6.07, 6.45) is -0.522. The van der Waals surface area contributed by atoms with E-state index >= 15 is 0 Å². The van der Waals surface area contributed by atoms with Crippen LogP contribution in [0.25, 0.3) is 10.4 Å². The van der Waals surface area contributed by atoms with Crippen molar-refractivity contribution in [2.24, 2.45) is 5.11 Å². The summed E-state index contributed by atoms with van der Waals surface area (Å²) in [6.45, 7) is 7.82. The van der Waals surface area contributed by atoms with Gasteiger partial charge in [0.1, 0.15) is 5.60 Å². The largest absolute Gasteiger partial charge is 0.481 e. The summed E-state index contributed by atoms with van der Waals surface area (Å²) < 4.78 is 21.1. The van der Waals surface area contributed by atoms with Gasteiger partial charge in [0, 0.05) is 24.5 Å². The highest BCUT2D eigenvalue weighted by Crippen LogP contribution is 2.09. The summed E-state index contributed by atoms with van der Waals surface area (Å²) in [7, 11) is 0. The Labute approximate surface area is 159 Å². The number of aliphatic carboxylic acids is 1. The normalized spacial score (nSPS) is 10.9. The third-order valence-corrected chi connectivity index (χ3v) is 2.89. The van der Waals surface area contributed by atoms with Crippen LogP contribution in [0.2, 0.25) is 0 Å². The molecule has 27 heavy (non-hydrogen) atoms. The van der Waals surface area contributed by atoms with Crippen molar-refractivity contribution in [2.75, 3.05) is 59.3 Å². The zero-order valence-electron chi connectivity index (χ0n) is 16.3. The maximum absolute atomic E-state index is 12.1. The van der Waals surface area contributed by atoms with Crippen LogP contribution in [0.4, 0.5) is 4.79 Å². The predicted octanol–water partition coefficient (Wildman–Crippen LogP) is 2.06. The Bertz CT molecular complexity index is 476. The smallest absolute Gasteiger partial charge is 0.410 e. The molecule has 156 valence electrons. The summed E-state index contributed by atoms with van der Waals surface area (Å²) in [5, 5.41) is 11.9. The number of ether oxygens (including phenoxy) is 4. The van der Waals surface area contributed by atoms with Gasteiger partial charge in [-0.25, -0.2) is 4.79 Å². The van der Waals surface area contributed by atoms with Gasteiger partial charge in [-0.1, -0.05) is 5.11 Å². The Morgan fingerprint density at radius 1 is 1.00 bits per heavy atom. The molecule has 11 nitrogen and oxygen atoms in total. The molecule has 0 spiro atoms. The van der Waals surface area contributed by atoms with Crippen molar-refractivity contribution in [2.45, 2.75) is 32.8 Å². The van der Waals surface area contributed by atoms with Crippen LogP contribution in [0.5, 0.6) is 0 Å². The molecule has 0 aromatic carbocycles. The first-order valence-corrected chi connectivity index (χ1v) is 8.70. The van der Waals surface area contributed by atoms with E-state index < -0.39 is 17.7 Å². The van der Waals surface area contributed by atoms with E-state index in [4.69, 9.17) is 29.6 Å². The Morgan fingerprint density at radius 2 is 1.56 bits per heavy atom. The summed E-state index contributed by atoms with van der Waals surface area (Å²) in [6, 6.07) is 0. The second-order valence-corrected chi connectivity index (χ2v) is 6.40. The molecule has 0 aliphatic heterocycles. The number of amides is 1. The van der Waals surface area contributed by atoms with Crippen LogP contribution in [-0.2, 0) is 23.7 Å². The summed E-state index contributed by atoms with van der Waals surface area (Å²) in [5.74, 6) is -0.899. The number of hydrogen-bond acceptors (Lipinski definition) is 7. The third-order valence-electron chi connectivity index (χ3n) is 2.89. The van der Waals surface area contributed by atoms with Gasteiger partial charge >= 0.3 is 12.1 Å². The summed E-state index contributed by atoms with van der Waals surface area (Å²) in [4.78, 5) is 26.5. The third kappa shape index (κ3) is 17.1. The first-order valence-electron chi connectivity index (χ1n) is 8.70. The van der Waals surface area contributed by atoms with E-state index in [1.54, 1.807) is 20.8 Å². The molecule has 0 aromatic heterocycles. The number of nitrogens with zero attached hydrogens (tertiary/aromatic N) is 4. The van der Waals surface area contributed by atoms with Crippen molar-refractivity contribution in [3.05, 3.63) is 10.4 Å². The second kappa shape index (κ2) is 15.0. The molecular formula is C16H30N4O7. The van der Waals surface area contributed by atoms with Crippen molar-refractivity contribution in [3.63, 3.8) is 0 Å². The Hall–Kier alpha value is -2.07. The fourth-order valence-corrected chi connectivity index (χ4v) is 1.71. The molecule has 0 aliphatic rings. The molecule has 1 amide bonds. The molecule has 11 heteroatoms. The van der Waals surface area contributed by atoms with E-state index in [0.29, 0.717) is 33.0 Å². The molecule has 0 saturated heterocycles. The van der Waals surface area contributed by atoms with Gasteiger partial charge in [0.05, 0.1) is 46.1 Å². The van der Waals surface area contributed by atoms with Gasteiger partial charge in [-0.15, -0.1) is 0 Å². The lowest BCUT2D eigenvalue weighted by Gasteiger charge is -2.27. The van der Waals surface area contributed by atoms with E-state index in [-0.39, 0.29) is 32.7 Å². The minimum Gasteiger partial charge on any atom is -0.481 e. The fraction of sp³-hybridized carbons (Fsp3) is 0.875. The number of hydrogen-bond donors (Lipinski definition) is 1. The molecule has 0 unspecified atom stereocenters. The zero-order valence-corrected chi connectivity index (χ0v) is 16.3. The molecule has 0 saturated carbocycles. The van der Waals surface area contributed by atoms with Gasteiger partial charge < -0.3 is 29.0 Å². The molecule has 0 fully saturated rings. The average Bonchev–Trinajstić information content (AvgIpc) is 2.56. The van der Waals surface area contributed by atoms with Crippen molar-refractivity contribution in [1.29, 1.82) is 0 Å². The monoisotopic (exact) mass is 390 g/mol. The van der Waals surface area contributed by atoms with Gasteiger partial charge in [-0.2, -0.15) is 0 Å².